The number of rotatable bonds is 62. The Labute approximate surface area is 524 Å². The highest BCUT2D eigenvalue weighted by atomic mass is 31.2. The molecule has 0 aliphatic rings. The van der Waals surface area contributed by atoms with Crippen molar-refractivity contribution < 1.29 is 37.3 Å². The summed E-state index contributed by atoms with van der Waals surface area (Å²) in [6, 6.07) is -0.915. The molecule has 0 radical (unpaired) electrons. The van der Waals surface area contributed by atoms with Crippen LogP contribution in [0, 0.1) is 0 Å². The summed E-state index contributed by atoms with van der Waals surface area (Å²) in [5, 5.41) is 3.02. The van der Waals surface area contributed by atoms with Crippen LogP contribution in [0.1, 0.15) is 290 Å². The molecule has 3 atom stereocenters. The Morgan fingerprint density at radius 3 is 1.16 bits per heavy atom. The maximum atomic E-state index is 13.6. The molecule has 85 heavy (non-hydrogen) atoms. The molecule has 0 aliphatic heterocycles. The molecule has 0 bridgehead atoms. The highest BCUT2D eigenvalue weighted by Crippen LogP contribution is 2.38. The van der Waals surface area contributed by atoms with Crippen LogP contribution in [-0.4, -0.2) is 69.4 Å². The molecular formula is C75H131N2O7P. The zero-order valence-corrected chi connectivity index (χ0v) is 56.7. The molecule has 0 aromatic carbocycles. The van der Waals surface area contributed by atoms with Gasteiger partial charge in [-0.25, -0.2) is 0 Å². The van der Waals surface area contributed by atoms with Crippen molar-refractivity contribution >= 4 is 19.7 Å². The molecule has 0 saturated heterocycles. The highest BCUT2D eigenvalue weighted by Gasteiger charge is 2.27. The van der Waals surface area contributed by atoms with E-state index < -0.39 is 26.6 Å². The number of phosphoric ester groups is 1. The number of carbonyl (C=O) groups excluding carboxylic acids is 2. The number of phosphoric acid groups is 1. The molecule has 0 aliphatic carbocycles. The molecular weight excluding hydrogens is 1070 g/mol. The molecule has 0 fully saturated rings. The Bertz CT molecular complexity index is 1870. The molecule has 1 N–H and O–H groups in total. The van der Waals surface area contributed by atoms with E-state index in [-0.39, 0.29) is 31.3 Å². The van der Waals surface area contributed by atoms with Crippen LogP contribution < -0.4 is 10.2 Å². The third-order valence-corrected chi connectivity index (χ3v) is 15.8. The Kier molecular flexibility index (Phi) is 60.8. The second-order valence-corrected chi connectivity index (χ2v) is 25.7. The Balaban J connectivity index is 5.17. The Hall–Kier alpha value is -3.59. The third kappa shape index (κ3) is 64.7. The van der Waals surface area contributed by atoms with Crippen molar-refractivity contribution in [2.75, 3.05) is 40.9 Å². The van der Waals surface area contributed by atoms with E-state index in [9.17, 15) is 19.0 Å². The fourth-order valence-electron chi connectivity index (χ4n) is 9.53. The molecule has 10 heteroatoms. The van der Waals surface area contributed by atoms with Crippen molar-refractivity contribution in [3.05, 3.63) is 122 Å². The van der Waals surface area contributed by atoms with Crippen LogP contribution in [0.5, 0.6) is 0 Å². The Morgan fingerprint density at radius 2 is 0.753 bits per heavy atom. The SMILES string of the molecule is CC/C=C\C/C=C\C/C=C\C/C=C\C/C=C\CCCCCCCCCCCCCC(=O)OC(/C=C\CCCCCCCCCCCCC)C(COP(=O)([O-])OCC[N+](C)(C)C)NC(=O)CCCCC/C=C\C/C=C\C/C=C\C/C=C\CCCCC. The molecule has 0 spiro atoms. The van der Waals surface area contributed by atoms with Crippen molar-refractivity contribution in [1.29, 1.82) is 0 Å². The van der Waals surface area contributed by atoms with E-state index in [1.165, 1.54) is 128 Å². The van der Waals surface area contributed by atoms with Crippen LogP contribution in [0.3, 0.4) is 0 Å². The van der Waals surface area contributed by atoms with Gasteiger partial charge in [0.25, 0.3) is 7.82 Å². The van der Waals surface area contributed by atoms with Crippen molar-refractivity contribution in [2.45, 2.75) is 303 Å². The van der Waals surface area contributed by atoms with Gasteiger partial charge in [0.2, 0.25) is 5.91 Å². The summed E-state index contributed by atoms with van der Waals surface area (Å²) in [7, 11) is 1.15. The van der Waals surface area contributed by atoms with Crippen molar-refractivity contribution in [1.82, 2.24) is 5.32 Å². The number of nitrogens with one attached hydrogen (secondary N) is 1. The summed E-state index contributed by atoms with van der Waals surface area (Å²) >= 11 is 0. The van der Waals surface area contributed by atoms with Crippen LogP contribution in [0.25, 0.3) is 0 Å². The topological polar surface area (TPSA) is 114 Å². The lowest BCUT2D eigenvalue weighted by Gasteiger charge is -2.30. The molecule has 3 unspecified atom stereocenters. The Morgan fingerprint density at radius 1 is 0.424 bits per heavy atom. The summed E-state index contributed by atoms with van der Waals surface area (Å²) in [6.07, 6.45) is 88.9. The van der Waals surface area contributed by atoms with E-state index >= 15 is 0 Å². The average Bonchev–Trinajstić information content (AvgIpc) is 3.50. The summed E-state index contributed by atoms with van der Waals surface area (Å²) < 4.78 is 30.4. The number of esters is 1. The summed E-state index contributed by atoms with van der Waals surface area (Å²) in [5.74, 6) is -0.582. The number of hydrogen-bond donors (Lipinski definition) is 1. The summed E-state index contributed by atoms with van der Waals surface area (Å²) in [5.41, 5.74) is 0. The first kappa shape index (κ1) is 81.4. The number of likely N-dealkylation sites (N-methyl/N-ethyl adjacent to an activating group) is 1. The number of quaternary nitrogens is 1. The first-order chi connectivity index (χ1) is 41.4. The minimum absolute atomic E-state index is 0.0346. The van der Waals surface area contributed by atoms with Gasteiger partial charge in [0.05, 0.1) is 33.8 Å². The number of hydrogen-bond acceptors (Lipinski definition) is 7. The zero-order valence-electron chi connectivity index (χ0n) is 55.8. The van der Waals surface area contributed by atoms with Crippen LogP contribution in [0.4, 0.5) is 0 Å². The molecule has 0 rings (SSSR count). The minimum atomic E-state index is -4.72. The van der Waals surface area contributed by atoms with Gasteiger partial charge in [0.15, 0.2) is 0 Å². The molecule has 9 nitrogen and oxygen atoms in total. The second kappa shape index (κ2) is 63.4. The van der Waals surface area contributed by atoms with E-state index in [1.807, 2.05) is 33.3 Å². The first-order valence-corrected chi connectivity index (χ1v) is 36.3. The molecule has 1 amide bonds. The predicted molar refractivity (Wildman–Crippen MR) is 367 cm³/mol. The lowest BCUT2D eigenvalue weighted by molar-refractivity contribution is -0.870. The molecule has 488 valence electrons. The van der Waals surface area contributed by atoms with Crippen LogP contribution in [0.2, 0.25) is 0 Å². The number of allylic oxidation sites excluding steroid dienone is 19. The van der Waals surface area contributed by atoms with Gasteiger partial charge in [-0.15, -0.1) is 0 Å². The predicted octanol–water partition coefficient (Wildman–Crippen LogP) is 21.6. The van der Waals surface area contributed by atoms with Gasteiger partial charge in [0, 0.05) is 12.8 Å². The van der Waals surface area contributed by atoms with Crippen LogP contribution in [-0.2, 0) is 27.9 Å². The van der Waals surface area contributed by atoms with Gasteiger partial charge in [-0.3, -0.25) is 14.2 Å². The largest absolute Gasteiger partial charge is 0.756 e. The van der Waals surface area contributed by atoms with Crippen LogP contribution in [0.15, 0.2) is 122 Å². The third-order valence-electron chi connectivity index (χ3n) is 14.9. The maximum absolute atomic E-state index is 13.6. The first-order valence-electron chi connectivity index (χ1n) is 34.8. The molecule has 0 heterocycles. The fourth-order valence-corrected chi connectivity index (χ4v) is 10.3. The van der Waals surface area contributed by atoms with Crippen molar-refractivity contribution in [2.24, 2.45) is 0 Å². The smallest absolute Gasteiger partial charge is 0.306 e. The summed E-state index contributed by atoms with van der Waals surface area (Å²) in [6.45, 7) is 6.68. The maximum Gasteiger partial charge on any atom is 0.306 e. The monoisotopic (exact) mass is 1200 g/mol. The lowest BCUT2D eigenvalue weighted by Crippen LogP contribution is -2.47. The fraction of sp³-hybridized carbons (Fsp3) is 0.707. The molecule has 0 aromatic rings. The van der Waals surface area contributed by atoms with Gasteiger partial charge < -0.3 is 28.5 Å². The van der Waals surface area contributed by atoms with Gasteiger partial charge in [-0.1, -0.05) is 277 Å². The zero-order chi connectivity index (χ0) is 62.1. The molecule has 0 saturated carbocycles. The normalized spacial score (nSPS) is 14.3. The lowest BCUT2D eigenvalue weighted by atomic mass is 10.0. The van der Waals surface area contributed by atoms with E-state index in [4.69, 9.17) is 13.8 Å². The average molecular weight is 1200 g/mol. The van der Waals surface area contributed by atoms with Gasteiger partial charge in [-0.2, -0.15) is 0 Å². The summed E-state index contributed by atoms with van der Waals surface area (Å²) in [4.78, 5) is 40.2. The van der Waals surface area contributed by atoms with Crippen molar-refractivity contribution in [3.8, 4) is 0 Å². The van der Waals surface area contributed by atoms with Gasteiger partial charge >= 0.3 is 5.97 Å². The minimum Gasteiger partial charge on any atom is -0.756 e. The van der Waals surface area contributed by atoms with Gasteiger partial charge in [0.1, 0.15) is 19.3 Å². The number of nitrogens with zero attached hydrogens (tertiary/aromatic N) is 1. The van der Waals surface area contributed by atoms with Gasteiger partial charge in [-0.05, 0) is 122 Å². The van der Waals surface area contributed by atoms with Crippen molar-refractivity contribution in [3.63, 3.8) is 0 Å². The highest BCUT2D eigenvalue weighted by molar-refractivity contribution is 7.45. The van der Waals surface area contributed by atoms with E-state index in [0.29, 0.717) is 17.4 Å². The van der Waals surface area contributed by atoms with E-state index in [1.54, 1.807) is 0 Å². The number of amides is 1. The number of ether oxygens (including phenoxy) is 1. The quantitative estimate of drug-likeness (QED) is 0.0212. The molecule has 0 aromatic heterocycles. The van der Waals surface area contributed by atoms with Crippen LogP contribution >= 0.6 is 7.82 Å². The standard InChI is InChI=1S/C75H131N2O7P/c1-7-10-13-16-19-22-25-28-30-32-34-35-36-37-38-39-40-41-43-45-47-50-53-56-59-62-65-68-75(79)84-73(66-63-60-57-54-51-48-27-24-21-18-15-12-9-3)72(71-83-85(80,81)82-70-69-77(4,5)6)76-74(78)67-64-61-58-55-52-49-46-44-42-33-31-29-26-23-20-17-14-11-8-2/h10,13,19-20,22-23,28-31,34-35,37-38,42,44,49,52,63,66,72-73H,7-9,11-12,14-18,21,24-27,32-33,36,39-41,43,45-48,50-51,53-62,64-65,67-71H2,1-6H3,(H-,76,78,80,81)/b13-10-,22-19-,23-20-,30-28-,31-29-,35-34-,38-37-,44-42-,52-49-,66-63-. The number of unbranched alkanes of at least 4 members (excludes halogenated alkanes) is 28. The number of carbonyl (C=O) groups is 2. The van der Waals surface area contributed by atoms with E-state index in [2.05, 4.69) is 135 Å². The second-order valence-electron chi connectivity index (χ2n) is 24.3. The van der Waals surface area contributed by atoms with E-state index in [0.717, 1.165) is 122 Å².